The second-order valence-electron chi connectivity index (χ2n) is 8.55. The zero-order chi connectivity index (χ0) is 21.7. The van der Waals surface area contributed by atoms with Gasteiger partial charge in [-0.3, -0.25) is 4.79 Å². The average molecular weight is 443 g/mol. The lowest BCUT2D eigenvalue weighted by molar-refractivity contribution is 0.0501. The SMILES string of the molecule is O=C1c2ccccc2[C@H](c2c(-c3ccc(Cl)cc3)[nH]c3ccccc23)N1C[C@@H]1CCCO1. The van der Waals surface area contributed by atoms with Crippen molar-refractivity contribution in [3.8, 4) is 11.3 Å². The minimum absolute atomic E-state index is 0.0773. The molecule has 160 valence electrons. The molecule has 0 radical (unpaired) electrons. The van der Waals surface area contributed by atoms with Crippen LogP contribution in [0.15, 0.2) is 72.8 Å². The number of rotatable bonds is 4. The summed E-state index contributed by atoms with van der Waals surface area (Å²) >= 11 is 6.17. The van der Waals surface area contributed by atoms with E-state index in [4.69, 9.17) is 16.3 Å². The third kappa shape index (κ3) is 3.14. The fourth-order valence-corrected chi connectivity index (χ4v) is 5.30. The minimum Gasteiger partial charge on any atom is -0.376 e. The van der Waals surface area contributed by atoms with Gasteiger partial charge in [0, 0.05) is 40.2 Å². The van der Waals surface area contributed by atoms with Gasteiger partial charge in [-0.15, -0.1) is 0 Å². The highest BCUT2D eigenvalue weighted by molar-refractivity contribution is 6.30. The fraction of sp³-hybridized carbons (Fsp3) is 0.222. The number of H-pyrrole nitrogens is 1. The van der Waals surface area contributed by atoms with Gasteiger partial charge < -0.3 is 14.6 Å². The number of aromatic amines is 1. The quantitative estimate of drug-likeness (QED) is 0.408. The number of carbonyl (C=O) groups excluding carboxylic acids is 1. The van der Waals surface area contributed by atoms with E-state index in [9.17, 15) is 4.79 Å². The lowest BCUT2D eigenvalue weighted by Gasteiger charge is -2.28. The van der Waals surface area contributed by atoms with Crippen LogP contribution in [0.5, 0.6) is 0 Å². The first kappa shape index (κ1) is 19.6. The van der Waals surface area contributed by atoms with Crippen LogP contribution in [0.1, 0.15) is 40.4 Å². The highest BCUT2D eigenvalue weighted by Gasteiger charge is 2.41. The smallest absolute Gasteiger partial charge is 0.255 e. The molecule has 2 aliphatic heterocycles. The van der Waals surface area contributed by atoms with Gasteiger partial charge in [-0.2, -0.15) is 0 Å². The summed E-state index contributed by atoms with van der Waals surface area (Å²) in [6.07, 6.45) is 2.12. The largest absolute Gasteiger partial charge is 0.376 e. The van der Waals surface area contributed by atoms with Crippen molar-refractivity contribution in [3.63, 3.8) is 0 Å². The molecule has 0 bridgehead atoms. The van der Waals surface area contributed by atoms with Crippen molar-refractivity contribution in [2.75, 3.05) is 13.2 Å². The van der Waals surface area contributed by atoms with E-state index in [0.717, 1.165) is 58.3 Å². The number of carbonyl (C=O) groups is 1. The number of aromatic nitrogens is 1. The van der Waals surface area contributed by atoms with Crippen molar-refractivity contribution >= 4 is 28.4 Å². The Morgan fingerprint density at radius 3 is 2.59 bits per heavy atom. The Morgan fingerprint density at radius 2 is 1.78 bits per heavy atom. The number of ether oxygens (including phenoxy) is 1. The maximum Gasteiger partial charge on any atom is 0.255 e. The van der Waals surface area contributed by atoms with Crippen LogP contribution in [0, 0.1) is 0 Å². The number of amides is 1. The normalized spacial score (nSPS) is 20.3. The summed E-state index contributed by atoms with van der Waals surface area (Å²) in [6.45, 7) is 1.37. The van der Waals surface area contributed by atoms with E-state index < -0.39 is 0 Å². The maximum atomic E-state index is 13.6. The topological polar surface area (TPSA) is 45.3 Å². The Balaban J connectivity index is 1.57. The molecule has 3 heterocycles. The molecule has 2 atom stereocenters. The molecule has 5 heteroatoms. The Hall–Kier alpha value is -3.08. The molecule has 6 rings (SSSR count). The number of hydrogen-bond donors (Lipinski definition) is 1. The molecule has 32 heavy (non-hydrogen) atoms. The Kier molecular flexibility index (Phi) is 4.78. The van der Waals surface area contributed by atoms with E-state index in [0.29, 0.717) is 11.6 Å². The lowest BCUT2D eigenvalue weighted by Crippen LogP contribution is -2.35. The highest BCUT2D eigenvalue weighted by atomic mass is 35.5. The summed E-state index contributed by atoms with van der Waals surface area (Å²) < 4.78 is 5.93. The van der Waals surface area contributed by atoms with Gasteiger partial charge >= 0.3 is 0 Å². The summed E-state index contributed by atoms with van der Waals surface area (Å²) in [5.41, 5.74) is 6.09. The van der Waals surface area contributed by atoms with Crippen molar-refractivity contribution < 1.29 is 9.53 Å². The molecule has 1 N–H and O–H groups in total. The average Bonchev–Trinajstić information content (AvgIpc) is 3.53. The molecule has 2 aliphatic rings. The van der Waals surface area contributed by atoms with Gasteiger partial charge in [-0.1, -0.05) is 60.1 Å². The zero-order valence-corrected chi connectivity index (χ0v) is 18.3. The van der Waals surface area contributed by atoms with Crippen LogP contribution in [0.4, 0.5) is 0 Å². The molecule has 0 unspecified atom stereocenters. The van der Waals surface area contributed by atoms with E-state index >= 15 is 0 Å². The number of benzene rings is 3. The van der Waals surface area contributed by atoms with E-state index in [-0.39, 0.29) is 18.1 Å². The van der Waals surface area contributed by atoms with Crippen molar-refractivity contribution in [3.05, 3.63) is 94.5 Å². The number of hydrogen-bond acceptors (Lipinski definition) is 2. The van der Waals surface area contributed by atoms with Gasteiger partial charge in [0.1, 0.15) is 0 Å². The first-order valence-electron chi connectivity index (χ1n) is 11.1. The highest BCUT2D eigenvalue weighted by Crippen LogP contribution is 2.45. The molecular formula is C27H23ClN2O2. The van der Waals surface area contributed by atoms with E-state index in [1.165, 1.54) is 0 Å². The molecule has 1 aromatic heterocycles. The third-order valence-corrected chi connectivity index (χ3v) is 6.89. The molecule has 1 fully saturated rings. The second kappa shape index (κ2) is 7.80. The minimum atomic E-state index is -0.176. The predicted octanol–water partition coefficient (Wildman–Crippen LogP) is 6.21. The number of nitrogens with zero attached hydrogens (tertiary/aromatic N) is 1. The monoisotopic (exact) mass is 442 g/mol. The maximum absolute atomic E-state index is 13.6. The van der Waals surface area contributed by atoms with Gasteiger partial charge in [0.05, 0.1) is 17.8 Å². The van der Waals surface area contributed by atoms with Gasteiger partial charge in [0.25, 0.3) is 5.91 Å². The standard InChI is InChI=1S/C27H23ClN2O2/c28-18-13-11-17(12-14-18)25-24(22-9-3-4-10-23(22)29-25)26-20-7-1-2-8-21(20)27(31)30(26)16-19-6-5-15-32-19/h1-4,7-14,19,26,29H,5-6,15-16H2/t19-,26+/m0/s1. The van der Waals surface area contributed by atoms with Gasteiger partial charge in [0.15, 0.2) is 0 Å². The molecule has 4 aromatic rings. The molecule has 3 aromatic carbocycles. The van der Waals surface area contributed by atoms with Crippen molar-refractivity contribution in [1.29, 1.82) is 0 Å². The predicted molar refractivity (Wildman–Crippen MR) is 127 cm³/mol. The summed E-state index contributed by atoms with van der Waals surface area (Å²) in [6, 6.07) is 24.0. The molecule has 0 saturated carbocycles. The van der Waals surface area contributed by atoms with Crippen molar-refractivity contribution in [1.82, 2.24) is 9.88 Å². The van der Waals surface area contributed by atoms with E-state index in [2.05, 4.69) is 29.2 Å². The molecule has 0 spiro atoms. The van der Waals surface area contributed by atoms with Gasteiger partial charge in [0.2, 0.25) is 0 Å². The van der Waals surface area contributed by atoms with E-state index in [1.807, 2.05) is 53.4 Å². The Bertz CT molecular complexity index is 1300. The molecule has 4 nitrogen and oxygen atoms in total. The number of fused-ring (bicyclic) bond motifs is 2. The van der Waals surface area contributed by atoms with Crippen LogP contribution >= 0.6 is 11.6 Å². The summed E-state index contributed by atoms with van der Waals surface area (Å²) in [5, 5.41) is 1.83. The number of halogens is 1. The van der Waals surface area contributed by atoms with Crippen molar-refractivity contribution in [2.24, 2.45) is 0 Å². The Labute approximate surface area is 191 Å². The Morgan fingerprint density at radius 1 is 1.00 bits per heavy atom. The zero-order valence-electron chi connectivity index (χ0n) is 17.6. The van der Waals surface area contributed by atoms with Gasteiger partial charge in [-0.05, 0) is 48.2 Å². The van der Waals surface area contributed by atoms with Crippen LogP contribution in [-0.2, 0) is 4.74 Å². The van der Waals surface area contributed by atoms with Crippen LogP contribution in [0.3, 0.4) is 0 Å². The molecule has 1 amide bonds. The lowest BCUT2D eigenvalue weighted by atomic mass is 9.93. The number of para-hydroxylation sites is 1. The first-order valence-corrected chi connectivity index (χ1v) is 11.5. The number of nitrogens with one attached hydrogen (secondary N) is 1. The molecular weight excluding hydrogens is 420 g/mol. The summed E-state index contributed by atoms with van der Waals surface area (Å²) in [7, 11) is 0. The second-order valence-corrected chi connectivity index (χ2v) is 8.98. The van der Waals surface area contributed by atoms with Crippen LogP contribution in [0.25, 0.3) is 22.2 Å². The third-order valence-electron chi connectivity index (χ3n) is 6.64. The first-order chi connectivity index (χ1) is 15.7. The van der Waals surface area contributed by atoms with E-state index in [1.54, 1.807) is 0 Å². The van der Waals surface area contributed by atoms with Crippen LogP contribution < -0.4 is 0 Å². The van der Waals surface area contributed by atoms with Gasteiger partial charge in [-0.25, -0.2) is 0 Å². The summed E-state index contributed by atoms with van der Waals surface area (Å²) in [5.74, 6) is 0.0773. The summed E-state index contributed by atoms with van der Waals surface area (Å²) in [4.78, 5) is 19.2. The van der Waals surface area contributed by atoms with Crippen LogP contribution in [0.2, 0.25) is 5.02 Å². The van der Waals surface area contributed by atoms with Crippen molar-refractivity contribution in [2.45, 2.75) is 25.0 Å². The fourth-order valence-electron chi connectivity index (χ4n) is 5.17. The molecule has 0 aliphatic carbocycles. The van der Waals surface area contributed by atoms with Crippen LogP contribution in [-0.4, -0.2) is 35.0 Å². The molecule has 1 saturated heterocycles.